The van der Waals surface area contributed by atoms with Gasteiger partial charge >= 0.3 is 0 Å². The monoisotopic (exact) mass is 238 g/mol. The van der Waals surface area contributed by atoms with Crippen molar-refractivity contribution in [3.05, 3.63) is 53.8 Å². The van der Waals surface area contributed by atoms with E-state index in [9.17, 15) is 0 Å². The Bertz CT molecular complexity index is 596. The standard InChI is InChI=1S/C16H16NO/c1-2-18-15-10-11-17-16(15)14-9-5-7-12-6-3-4-8-13(12)14/h3-9H,2,10-11H2,1H3. The van der Waals surface area contributed by atoms with Gasteiger partial charge in [-0.3, -0.25) is 5.32 Å². The van der Waals surface area contributed by atoms with Crippen LogP contribution >= 0.6 is 0 Å². The molecule has 0 aliphatic carbocycles. The van der Waals surface area contributed by atoms with Crippen molar-refractivity contribution in [2.45, 2.75) is 13.3 Å². The number of fused-ring (bicyclic) bond motifs is 1. The maximum Gasteiger partial charge on any atom is 0.124 e. The summed E-state index contributed by atoms with van der Waals surface area (Å²) < 4.78 is 5.70. The van der Waals surface area contributed by atoms with E-state index in [4.69, 9.17) is 4.74 Å². The first-order chi connectivity index (χ1) is 8.90. The summed E-state index contributed by atoms with van der Waals surface area (Å²) in [6.07, 6.45) is 0.923. The molecule has 1 aliphatic rings. The molecule has 0 aromatic heterocycles. The van der Waals surface area contributed by atoms with Crippen molar-refractivity contribution in [2.75, 3.05) is 13.2 Å². The molecule has 2 aromatic rings. The average molecular weight is 238 g/mol. The van der Waals surface area contributed by atoms with E-state index in [0.717, 1.165) is 24.4 Å². The Morgan fingerprint density at radius 1 is 1.11 bits per heavy atom. The Morgan fingerprint density at radius 3 is 2.83 bits per heavy atom. The van der Waals surface area contributed by atoms with Crippen LogP contribution in [0.4, 0.5) is 0 Å². The van der Waals surface area contributed by atoms with Gasteiger partial charge in [-0.25, -0.2) is 0 Å². The lowest BCUT2D eigenvalue weighted by atomic mass is 10.0. The topological polar surface area (TPSA) is 23.3 Å². The predicted octanol–water partition coefficient (Wildman–Crippen LogP) is 3.55. The van der Waals surface area contributed by atoms with E-state index in [1.54, 1.807) is 0 Å². The number of benzene rings is 2. The quantitative estimate of drug-likeness (QED) is 0.802. The Labute approximate surface area is 107 Å². The second-order valence-electron chi connectivity index (χ2n) is 4.36. The molecule has 1 heterocycles. The molecule has 2 aromatic carbocycles. The van der Waals surface area contributed by atoms with Crippen LogP contribution in [0.25, 0.3) is 16.5 Å². The van der Waals surface area contributed by atoms with Gasteiger partial charge in [-0.15, -0.1) is 0 Å². The lowest BCUT2D eigenvalue weighted by Gasteiger charge is -2.10. The van der Waals surface area contributed by atoms with Crippen molar-refractivity contribution >= 4 is 16.5 Å². The molecule has 2 nitrogen and oxygen atoms in total. The zero-order valence-corrected chi connectivity index (χ0v) is 10.5. The van der Waals surface area contributed by atoms with Crippen molar-refractivity contribution in [3.8, 4) is 0 Å². The van der Waals surface area contributed by atoms with Crippen LogP contribution in [0, 0.1) is 0 Å². The Hall–Kier alpha value is -1.96. The van der Waals surface area contributed by atoms with Gasteiger partial charge in [0, 0.05) is 18.5 Å². The van der Waals surface area contributed by atoms with Crippen LogP contribution < -0.4 is 5.32 Å². The Kier molecular flexibility index (Phi) is 2.93. The van der Waals surface area contributed by atoms with E-state index in [-0.39, 0.29) is 0 Å². The van der Waals surface area contributed by atoms with E-state index in [1.165, 1.54) is 16.3 Å². The SMILES string of the molecule is CCOC1=C(c2cccc3ccccc23)[N]CC1. The minimum atomic E-state index is 0.707. The summed E-state index contributed by atoms with van der Waals surface area (Å²) in [5.74, 6) is 1.04. The third-order valence-corrected chi connectivity index (χ3v) is 3.24. The molecule has 0 amide bonds. The highest BCUT2D eigenvalue weighted by atomic mass is 16.5. The van der Waals surface area contributed by atoms with Crippen LogP contribution in [0.3, 0.4) is 0 Å². The fourth-order valence-corrected chi connectivity index (χ4v) is 2.46. The first kappa shape index (κ1) is 11.1. The van der Waals surface area contributed by atoms with Crippen molar-refractivity contribution in [1.82, 2.24) is 5.32 Å². The van der Waals surface area contributed by atoms with Crippen molar-refractivity contribution in [2.24, 2.45) is 0 Å². The minimum absolute atomic E-state index is 0.707. The summed E-state index contributed by atoms with van der Waals surface area (Å²) in [6, 6.07) is 14.8. The van der Waals surface area contributed by atoms with Gasteiger partial charge in [-0.2, -0.15) is 0 Å². The van der Waals surface area contributed by atoms with Gasteiger partial charge in [-0.05, 0) is 17.7 Å². The lowest BCUT2D eigenvalue weighted by molar-refractivity contribution is 0.226. The van der Waals surface area contributed by atoms with E-state index in [0.29, 0.717) is 6.61 Å². The normalized spacial score (nSPS) is 14.9. The van der Waals surface area contributed by atoms with E-state index >= 15 is 0 Å². The molecule has 0 unspecified atom stereocenters. The molecule has 1 aliphatic heterocycles. The Balaban J connectivity index is 2.17. The van der Waals surface area contributed by atoms with E-state index < -0.39 is 0 Å². The molecule has 0 spiro atoms. The first-order valence-corrected chi connectivity index (χ1v) is 6.41. The largest absolute Gasteiger partial charge is 0.496 e. The van der Waals surface area contributed by atoms with Crippen LogP contribution in [-0.2, 0) is 4.74 Å². The minimum Gasteiger partial charge on any atom is -0.496 e. The average Bonchev–Trinajstić information content (AvgIpc) is 2.87. The molecular formula is C16H16NO. The number of hydrogen-bond donors (Lipinski definition) is 0. The fraction of sp³-hybridized carbons (Fsp3) is 0.250. The van der Waals surface area contributed by atoms with Gasteiger partial charge in [0.05, 0.1) is 6.61 Å². The molecule has 0 saturated heterocycles. The van der Waals surface area contributed by atoms with Gasteiger partial charge in [0.15, 0.2) is 0 Å². The van der Waals surface area contributed by atoms with Crippen LogP contribution in [0.15, 0.2) is 48.2 Å². The highest BCUT2D eigenvalue weighted by molar-refractivity contribution is 5.94. The zero-order valence-electron chi connectivity index (χ0n) is 10.5. The molecule has 0 N–H and O–H groups in total. The Morgan fingerprint density at radius 2 is 1.94 bits per heavy atom. The van der Waals surface area contributed by atoms with Crippen molar-refractivity contribution in [1.29, 1.82) is 0 Å². The number of rotatable bonds is 3. The van der Waals surface area contributed by atoms with Gasteiger partial charge in [0.2, 0.25) is 0 Å². The second-order valence-corrected chi connectivity index (χ2v) is 4.36. The van der Waals surface area contributed by atoms with E-state index in [1.807, 2.05) is 6.92 Å². The van der Waals surface area contributed by atoms with Gasteiger partial charge in [0.25, 0.3) is 0 Å². The van der Waals surface area contributed by atoms with Crippen LogP contribution in [-0.4, -0.2) is 13.2 Å². The summed E-state index contributed by atoms with van der Waals surface area (Å²) in [6.45, 7) is 3.57. The van der Waals surface area contributed by atoms with Crippen molar-refractivity contribution in [3.63, 3.8) is 0 Å². The lowest BCUT2D eigenvalue weighted by Crippen LogP contribution is -1.99. The highest BCUT2D eigenvalue weighted by Crippen LogP contribution is 2.30. The second kappa shape index (κ2) is 4.73. The van der Waals surface area contributed by atoms with Gasteiger partial charge < -0.3 is 4.74 Å². The van der Waals surface area contributed by atoms with Gasteiger partial charge in [-0.1, -0.05) is 42.5 Å². The molecule has 0 fully saturated rings. The maximum atomic E-state index is 5.70. The summed E-state index contributed by atoms with van der Waals surface area (Å²) >= 11 is 0. The third kappa shape index (κ3) is 1.84. The summed E-state index contributed by atoms with van der Waals surface area (Å²) in [4.78, 5) is 0. The van der Waals surface area contributed by atoms with E-state index in [2.05, 4.69) is 47.8 Å². The molecule has 1 radical (unpaired) electrons. The van der Waals surface area contributed by atoms with Gasteiger partial charge in [0.1, 0.15) is 11.5 Å². The molecule has 0 atom stereocenters. The van der Waals surface area contributed by atoms with Crippen LogP contribution in [0.1, 0.15) is 18.9 Å². The third-order valence-electron chi connectivity index (χ3n) is 3.24. The number of hydrogen-bond acceptors (Lipinski definition) is 1. The summed E-state index contributed by atoms with van der Waals surface area (Å²) in [5, 5.41) is 7.11. The predicted molar refractivity (Wildman–Crippen MR) is 74.1 cm³/mol. The molecule has 0 saturated carbocycles. The smallest absolute Gasteiger partial charge is 0.124 e. The summed E-state index contributed by atoms with van der Waals surface area (Å²) in [7, 11) is 0. The van der Waals surface area contributed by atoms with Crippen molar-refractivity contribution < 1.29 is 4.74 Å². The number of nitrogens with zero attached hydrogens (tertiary/aromatic N) is 1. The highest BCUT2D eigenvalue weighted by Gasteiger charge is 2.19. The van der Waals surface area contributed by atoms with Crippen LogP contribution in [0.5, 0.6) is 0 Å². The molecular weight excluding hydrogens is 222 g/mol. The van der Waals surface area contributed by atoms with Crippen LogP contribution in [0.2, 0.25) is 0 Å². The molecule has 0 bridgehead atoms. The summed E-state index contributed by atoms with van der Waals surface area (Å²) in [5.41, 5.74) is 2.22. The zero-order chi connectivity index (χ0) is 12.4. The molecule has 18 heavy (non-hydrogen) atoms. The number of ether oxygens (including phenoxy) is 1. The maximum absolute atomic E-state index is 5.70. The fourth-order valence-electron chi connectivity index (χ4n) is 2.46. The first-order valence-electron chi connectivity index (χ1n) is 6.41. The molecule has 2 heteroatoms. The molecule has 91 valence electrons. The molecule has 3 rings (SSSR count).